The van der Waals surface area contributed by atoms with Gasteiger partial charge in [0, 0.05) is 36.6 Å². The Hall–Kier alpha value is -1.15. The molecule has 1 atom stereocenters. The molecule has 1 aliphatic heterocycles. The fourth-order valence-electron chi connectivity index (χ4n) is 3.17. The van der Waals surface area contributed by atoms with Crippen LogP contribution in [0.2, 0.25) is 5.02 Å². The number of nitrogens with one attached hydrogen (secondary N) is 1. The molecule has 1 heterocycles. The summed E-state index contributed by atoms with van der Waals surface area (Å²) < 4.78 is 26.7. The lowest BCUT2D eigenvalue weighted by Gasteiger charge is -2.30. The summed E-state index contributed by atoms with van der Waals surface area (Å²) in [6.07, 6.45) is 3.35. The topological polar surface area (TPSA) is 92.5 Å². The van der Waals surface area contributed by atoms with Crippen LogP contribution in [0.25, 0.3) is 0 Å². The molecule has 6 nitrogen and oxygen atoms in total. The third-order valence-corrected chi connectivity index (χ3v) is 7.18. The number of benzene rings is 1. The molecule has 1 aliphatic carbocycles. The maximum absolute atomic E-state index is 12.6. The molecule has 1 amide bonds. The quantitative estimate of drug-likeness (QED) is 0.777. The predicted octanol–water partition coefficient (Wildman–Crippen LogP) is 1.59. The highest BCUT2D eigenvalue weighted by Gasteiger charge is 2.33. The molecule has 138 valence electrons. The van der Waals surface area contributed by atoms with Crippen molar-refractivity contribution < 1.29 is 13.2 Å². The van der Waals surface area contributed by atoms with Gasteiger partial charge in [-0.05, 0) is 55.9 Å². The molecule has 1 aromatic rings. The van der Waals surface area contributed by atoms with E-state index >= 15 is 0 Å². The van der Waals surface area contributed by atoms with Crippen molar-refractivity contribution in [3.8, 4) is 0 Å². The van der Waals surface area contributed by atoms with Crippen LogP contribution in [-0.2, 0) is 14.8 Å². The maximum Gasteiger partial charge on any atom is 0.243 e. The van der Waals surface area contributed by atoms with E-state index in [1.807, 2.05) is 0 Å². The molecule has 0 spiro atoms. The van der Waals surface area contributed by atoms with Crippen LogP contribution in [0.5, 0.6) is 0 Å². The minimum absolute atomic E-state index is 0.0142. The normalized spacial score (nSPS) is 21.0. The number of nitrogens with two attached hydrogens (primary N) is 1. The molecule has 0 aromatic heterocycles. The summed E-state index contributed by atoms with van der Waals surface area (Å²) in [5.74, 6) is 0.384. The molecule has 3 rings (SSSR count). The number of sulfonamides is 1. The van der Waals surface area contributed by atoms with Crippen molar-refractivity contribution in [2.75, 3.05) is 19.6 Å². The second-order valence-electron chi connectivity index (χ2n) is 6.88. The van der Waals surface area contributed by atoms with E-state index in [1.54, 1.807) is 12.1 Å². The van der Waals surface area contributed by atoms with E-state index in [2.05, 4.69) is 5.32 Å². The van der Waals surface area contributed by atoms with Gasteiger partial charge in [-0.15, -0.1) is 0 Å². The van der Waals surface area contributed by atoms with E-state index in [-0.39, 0.29) is 22.8 Å². The summed E-state index contributed by atoms with van der Waals surface area (Å²) in [5.41, 5.74) is 6.00. The summed E-state index contributed by atoms with van der Waals surface area (Å²) >= 11 is 5.81. The Kier molecular flexibility index (Phi) is 5.68. The Bertz CT molecular complexity index is 711. The van der Waals surface area contributed by atoms with E-state index in [0.29, 0.717) is 43.4 Å². The minimum Gasteiger partial charge on any atom is -0.354 e. The van der Waals surface area contributed by atoms with Gasteiger partial charge in [-0.25, -0.2) is 8.42 Å². The van der Waals surface area contributed by atoms with Crippen molar-refractivity contribution in [1.82, 2.24) is 9.62 Å². The van der Waals surface area contributed by atoms with Crippen molar-refractivity contribution in [3.05, 3.63) is 29.3 Å². The highest BCUT2D eigenvalue weighted by atomic mass is 35.5. The fraction of sp³-hybridized carbons (Fsp3) is 0.588. The van der Waals surface area contributed by atoms with Gasteiger partial charge < -0.3 is 11.1 Å². The number of rotatable bonds is 6. The average molecular weight is 386 g/mol. The second kappa shape index (κ2) is 7.61. The molecule has 0 bridgehead atoms. The van der Waals surface area contributed by atoms with E-state index < -0.39 is 10.0 Å². The zero-order chi connectivity index (χ0) is 18.0. The summed E-state index contributed by atoms with van der Waals surface area (Å²) in [6.45, 7) is 1.20. The highest BCUT2D eigenvalue weighted by molar-refractivity contribution is 7.89. The molecular weight excluding hydrogens is 362 g/mol. The zero-order valence-corrected chi connectivity index (χ0v) is 15.6. The first-order valence-corrected chi connectivity index (χ1v) is 10.5. The molecule has 25 heavy (non-hydrogen) atoms. The van der Waals surface area contributed by atoms with Crippen LogP contribution < -0.4 is 11.1 Å². The number of piperidine rings is 1. The molecule has 1 aromatic carbocycles. The Morgan fingerprint density at radius 2 is 1.80 bits per heavy atom. The monoisotopic (exact) mass is 385 g/mol. The van der Waals surface area contributed by atoms with Crippen molar-refractivity contribution in [3.63, 3.8) is 0 Å². The van der Waals surface area contributed by atoms with Crippen molar-refractivity contribution in [1.29, 1.82) is 0 Å². The Morgan fingerprint density at radius 3 is 2.36 bits per heavy atom. The molecule has 1 saturated heterocycles. The first-order chi connectivity index (χ1) is 11.9. The Labute approximate surface area is 153 Å². The Morgan fingerprint density at radius 1 is 1.20 bits per heavy atom. The third kappa shape index (κ3) is 4.53. The molecule has 2 fully saturated rings. The average Bonchev–Trinajstić information content (AvgIpc) is 3.45. The number of nitrogens with zero attached hydrogens (tertiary/aromatic N) is 1. The molecule has 1 saturated carbocycles. The van der Waals surface area contributed by atoms with Gasteiger partial charge in [0.2, 0.25) is 15.9 Å². The van der Waals surface area contributed by atoms with E-state index in [4.69, 9.17) is 17.3 Å². The number of hydrogen-bond donors (Lipinski definition) is 2. The standard InChI is InChI=1S/C17H24ClN3O3S/c18-14-3-5-15(6-4-14)25(23,24)21-9-7-13(8-10-21)17(22)20-11-16(19)12-1-2-12/h3-6,12-13,16H,1-2,7-11,19H2,(H,20,22). The fourth-order valence-corrected chi connectivity index (χ4v) is 4.76. The minimum atomic E-state index is -3.53. The molecule has 3 N–H and O–H groups in total. The largest absolute Gasteiger partial charge is 0.354 e. The van der Waals surface area contributed by atoms with Crippen LogP contribution in [0, 0.1) is 11.8 Å². The summed E-state index contributed by atoms with van der Waals surface area (Å²) in [5, 5.41) is 3.42. The van der Waals surface area contributed by atoms with Gasteiger partial charge in [0.15, 0.2) is 0 Å². The lowest BCUT2D eigenvalue weighted by molar-refractivity contribution is -0.126. The first kappa shape index (κ1) is 18.6. The van der Waals surface area contributed by atoms with Gasteiger partial charge in [0.05, 0.1) is 4.90 Å². The zero-order valence-electron chi connectivity index (χ0n) is 14.0. The number of hydrogen-bond acceptors (Lipinski definition) is 4. The summed E-state index contributed by atoms with van der Waals surface area (Å²) in [4.78, 5) is 12.5. The van der Waals surface area contributed by atoms with Gasteiger partial charge >= 0.3 is 0 Å². The number of amides is 1. The van der Waals surface area contributed by atoms with Gasteiger partial charge in [0.1, 0.15) is 0 Å². The van der Waals surface area contributed by atoms with Gasteiger partial charge in [-0.3, -0.25) is 4.79 Å². The first-order valence-electron chi connectivity index (χ1n) is 8.67. The second-order valence-corrected chi connectivity index (χ2v) is 9.25. The van der Waals surface area contributed by atoms with Crippen LogP contribution >= 0.6 is 11.6 Å². The van der Waals surface area contributed by atoms with E-state index in [0.717, 1.165) is 12.8 Å². The molecule has 2 aliphatic rings. The van der Waals surface area contributed by atoms with Gasteiger partial charge in [0.25, 0.3) is 0 Å². The molecule has 8 heteroatoms. The molecule has 0 radical (unpaired) electrons. The maximum atomic E-state index is 12.6. The van der Waals surface area contributed by atoms with Gasteiger partial charge in [-0.1, -0.05) is 11.6 Å². The lowest BCUT2D eigenvalue weighted by Crippen LogP contribution is -2.45. The highest BCUT2D eigenvalue weighted by Crippen LogP contribution is 2.31. The molecular formula is C17H24ClN3O3S. The lowest BCUT2D eigenvalue weighted by atomic mass is 9.97. The van der Waals surface area contributed by atoms with Crippen LogP contribution in [0.4, 0.5) is 0 Å². The van der Waals surface area contributed by atoms with Crippen LogP contribution in [0.3, 0.4) is 0 Å². The smallest absolute Gasteiger partial charge is 0.243 e. The van der Waals surface area contributed by atoms with Crippen LogP contribution in [-0.4, -0.2) is 44.3 Å². The summed E-state index contributed by atoms with van der Waals surface area (Å²) in [6, 6.07) is 6.19. The number of carbonyl (C=O) groups excluding carboxylic acids is 1. The van der Waals surface area contributed by atoms with Gasteiger partial charge in [-0.2, -0.15) is 4.31 Å². The number of halogens is 1. The van der Waals surface area contributed by atoms with E-state index in [1.165, 1.54) is 16.4 Å². The van der Waals surface area contributed by atoms with Crippen molar-refractivity contribution >= 4 is 27.5 Å². The summed E-state index contributed by atoms with van der Waals surface area (Å²) in [7, 11) is -3.53. The molecule has 1 unspecified atom stereocenters. The van der Waals surface area contributed by atoms with E-state index in [9.17, 15) is 13.2 Å². The van der Waals surface area contributed by atoms with Crippen molar-refractivity contribution in [2.45, 2.75) is 36.6 Å². The van der Waals surface area contributed by atoms with Crippen molar-refractivity contribution in [2.24, 2.45) is 17.6 Å². The predicted molar refractivity (Wildman–Crippen MR) is 96.6 cm³/mol. The van der Waals surface area contributed by atoms with Crippen LogP contribution in [0.15, 0.2) is 29.2 Å². The third-order valence-electron chi connectivity index (χ3n) is 5.02. The number of carbonyl (C=O) groups is 1. The Balaban J connectivity index is 1.52. The van der Waals surface area contributed by atoms with Crippen LogP contribution in [0.1, 0.15) is 25.7 Å². The SMILES string of the molecule is NC(CNC(=O)C1CCN(S(=O)(=O)c2ccc(Cl)cc2)CC1)C1CC1.